The van der Waals surface area contributed by atoms with Crippen LogP contribution < -0.4 is 15.4 Å². The summed E-state index contributed by atoms with van der Waals surface area (Å²) in [6.45, 7) is 2.94. The first-order chi connectivity index (χ1) is 13.7. The first-order valence-electron chi connectivity index (χ1n) is 8.93. The van der Waals surface area contributed by atoms with Crippen LogP contribution in [-0.4, -0.2) is 29.8 Å². The van der Waals surface area contributed by atoms with Gasteiger partial charge in [-0.25, -0.2) is 0 Å². The van der Waals surface area contributed by atoms with Crippen molar-refractivity contribution in [1.29, 1.82) is 0 Å². The number of amides is 1. The lowest BCUT2D eigenvalue weighted by molar-refractivity contribution is -0.115. The number of benzene rings is 2. The number of hydrogen-bond acceptors (Lipinski definition) is 7. The van der Waals surface area contributed by atoms with Crippen molar-refractivity contribution < 1.29 is 9.53 Å². The first kappa shape index (κ1) is 20.2. The van der Waals surface area contributed by atoms with E-state index in [1.807, 2.05) is 54.6 Å². The minimum atomic E-state index is -0.435. The summed E-state index contributed by atoms with van der Waals surface area (Å²) in [7, 11) is 1.61. The Morgan fingerprint density at radius 3 is 2.57 bits per heavy atom. The van der Waals surface area contributed by atoms with Crippen LogP contribution in [0.3, 0.4) is 0 Å². The molecule has 1 atom stereocenters. The van der Waals surface area contributed by atoms with Gasteiger partial charge in [0.25, 0.3) is 0 Å². The molecule has 0 bridgehead atoms. The Balaban J connectivity index is 1.76. The van der Waals surface area contributed by atoms with Crippen molar-refractivity contribution in [3.8, 4) is 5.75 Å². The molecule has 146 valence electrons. The summed E-state index contributed by atoms with van der Waals surface area (Å²) < 4.78 is 5.91. The molecule has 0 aliphatic rings. The van der Waals surface area contributed by atoms with Gasteiger partial charge in [-0.3, -0.25) is 4.79 Å². The largest absolute Gasteiger partial charge is 0.497 e. The highest BCUT2D eigenvalue weighted by Gasteiger charge is 2.24. The van der Waals surface area contributed by atoms with E-state index in [9.17, 15) is 4.79 Å². The van der Waals surface area contributed by atoms with Gasteiger partial charge in [-0.05, 0) is 36.2 Å². The number of carbonyl (C=O) groups excluding carboxylic acids is 1. The van der Waals surface area contributed by atoms with Gasteiger partial charge in [0.1, 0.15) is 11.0 Å². The van der Waals surface area contributed by atoms with Crippen LogP contribution in [0.4, 0.5) is 10.8 Å². The highest BCUT2D eigenvalue weighted by Crippen LogP contribution is 2.38. The van der Waals surface area contributed by atoms with Crippen LogP contribution in [0.25, 0.3) is 0 Å². The molecule has 2 aromatic carbocycles. The van der Waals surface area contributed by atoms with Crippen molar-refractivity contribution in [2.45, 2.75) is 22.9 Å². The lowest BCUT2D eigenvalue weighted by Gasteiger charge is -2.15. The first-order valence-corrected chi connectivity index (χ1v) is 10.6. The van der Waals surface area contributed by atoms with Crippen LogP contribution in [0, 0.1) is 0 Å². The summed E-state index contributed by atoms with van der Waals surface area (Å²) >= 11 is 2.86. The fourth-order valence-electron chi connectivity index (χ4n) is 2.44. The topological polar surface area (TPSA) is 76.1 Å². The van der Waals surface area contributed by atoms with Crippen LogP contribution >= 0.6 is 23.1 Å². The maximum atomic E-state index is 13.0. The predicted molar refractivity (Wildman–Crippen MR) is 115 cm³/mol. The molecule has 28 heavy (non-hydrogen) atoms. The standard InChI is InChI=1S/C20H22N4O2S2/c1-3-13-21-19-23-24-20(28-19)27-17(14-7-5-4-6-8-14)18(25)22-15-9-11-16(26-2)12-10-15/h4-12,17H,3,13H2,1-2H3,(H,21,23)(H,22,25). The summed E-state index contributed by atoms with van der Waals surface area (Å²) in [4.78, 5) is 13.0. The highest BCUT2D eigenvalue weighted by atomic mass is 32.2. The zero-order chi connectivity index (χ0) is 19.8. The average Bonchev–Trinajstić information content (AvgIpc) is 3.19. The number of nitrogens with one attached hydrogen (secondary N) is 2. The van der Waals surface area contributed by atoms with E-state index >= 15 is 0 Å². The van der Waals surface area contributed by atoms with Gasteiger partial charge in [0, 0.05) is 12.2 Å². The third-order valence-corrected chi connectivity index (χ3v) is 6.07. The second-order valence-electron chi connectivity index (χ2n) is 5.93. The third-order valence-electron chi connectivity index (χ3n) is 3.85. The number of anilines is 2. The second-order valence-corrected chi connectivity index (χ2v) is 8.26. The number of methoxy groups -OCH3 is 1. The van der Waals surface area contributed by atoms with Gasteiger partial charge >= 0.3 is 0 Å². The third kappa shape index (κ3) is 5.46. The van der Waals surface area contributed by atoms with Crippen LogP contribution in [0.5, 0.6) is 5.75 Å². The predicted octanol–water partition coefficient (Wildman–Crippen LogP) is 4.84. The zero-order valence-corrected chi connectivity index (χ0v) is 17.3. The van der Waals surface area contributed by atoms with E-state index in [2.05, 4.69) is 27.8 Å². The van der Waals surface area contributed by atoms with Gasteiger partial charge < -0.3 is 15.4 Å². The van der Waals surface area contributed by atoms with E-state index in [0.717, 1.165) is 39.4 Å². The Labute approximate surface area is 172 Å². The Kier molecular flexibility index (Phi) is 7.27. The van der Waals surface area contributed by atoms with Gasteiger partial charge in [0.05, 0.1) is 7.11 Å². The number of rotatable bonds is 9. The van der Waals surface area contributed by atoms with E-state index in [-0.39, 0.29) is 5.91 Å². The molecule has 0 fully saturated rings. The van der Waals surface area contributed by atoms with Crippen molar-refractivity contribution >= 4 is 39.8 Å². The smallest absolute Gasteiger partial charge is 0.242 e. The molecular formula is C20H22N4O2S2. The maximum absolute atomic E-state index is 13.0. The Bertz CT molecular complexity index is 885. The lowest BCUT2D eigenvalue weighted by atomic mass is 10.1. The molecule has 8 heteroatoms. The summed E-state index contributed by atoms with van der Waals surface area (Å²) in [6.07, 6.45) is 1.01. The minimum absolute atomic E-state index is 0.111. The normalized spacial score (nSPS) is 11.6. The molecule has 1 heterocycles. The van der Waals surface area contributed by atoms with Gasteiger partial charge in [-0.2, -0.15) is 0 Å². The molecule has 1 amide bonds. The number of hydrogen-bond donors (Lipinski definition) is 2. The SMILES string of the molecule is CCCNc1nnc(SC(C(=O)Nc2ccc(OC)cc2)c2ccccc2)s1. The van der Waals surface area contributed by atoms with Gasteiger partial charge in [0.15, 0.2) is 4.34 Å². The van der Waals surface area contributed by atoms with Crippen molar-refractivity contribution in [2.75, 3.05) is 24.3 Å². The monoisotopic (exact) mass is 414 g/mol. The fourth-order valence-corrected chi connectivity index (χ4v) is 4.41. The van der Waals surface area contributed by atoms with Crippen LogP contribution in [0.15, 0.2) is 58.9 Å². The average molecular weight is 415 g/mol. The van der Waals surface area contributed by atoms with Crippen molar-refractivity contribution in [3.05, 3.63) is 60.2 Å². The van der Waals surface area contributed by atoms with E-state index in [4.69, 9.17) is 4.74 Å². The number of aromatic nitrogens is 2. The Hall–Kier alpha value is -2.58. The molecule has 1 unspecified atom stereocenters. The number of thioether (sulfide) groups is 1. The second kappa shape index (κ2) is 10.1. The Morgan fingerprint density at radius 1 is 1.14 bits per heavy atom. The van der Waals surface area contributed by atoms with Crippen molar-refractivity contribution in [2.24, 2.45) is 0 Å². The highest BCUT2D eigenvalue weighted by molar-refractivity contribution is 8.02. The fraction of sp³-hybridized carbons (Fsp3) is 0.250. The summed E-state index contributed by atoms with van der Waals surface area (Å²) in [5.41, 5.74) is 1.63. The number of nitrogens with zero attached hydrogens (tertiary/aromatic N) is 2. The zero-order valence-electron chi connectivity index (χ0n) is 15.7. The number of carbonyl (C=O) groups is 1. The van der Waals surface area contributed by atoms with Crippen LogP contribution in [-0.2, 0) is 4.79 Å². The summed E-state index contributed by atoms with van der Waals surface area (Å²) in [5.74, 6) is 0.632. The van der Waals surface area contributed by atoms with E-state index in [1.165, 1.54) is 23.1 Å². The molecule has 0 radical (unpaired) electrons. The molecule has 3 aromatic rings. The van der Waals surface area contributed by atoms with Crippen molar-refractivity contribution in [1.82, 2.24) is 10.2 Å². The maximum Gasteiger partial charge on any atom is 0.242 e. The number of ether oxygens (including phenoxy) is 1. The van der Waals surface area contributed by atoms with Crippen LogP contribution in [0.1, 0.15) is 24.2 Å². The molecule has 0 saturated heterocycles. The summed E-state index contributed by atoms with van der Waals surface area (Å²) in [5, 5.41) is 14.9. The van der Waals surface area contributed by atoms with Gasteiger partial charge in [-0.15, -0.1) is 10.2 Å². The molecule has 0 aliphatic heterocycles. The van der Waals surface area contributed by atoms with Crippen molar-refractivity contribution in [3.63, 3.8) is 0 Å². The molecule has 0 spiro atoms. The van der Waals surface area contributed by atoms with E-state index < -0.39 is 5.25 Å². The molecule has 0 aliphatic carbocycles. The Morgan fingerprint density at radius 2 is 1.89 bits per heavy atom. The molecule has 6 nitrogen and oxygen atoms in total. The lowest BCUT2D eigenvalue weighted by Crippen LogP contribution is -2.19. The van der Waals surface area contributed by atoms with Crippen LogP contribution in [0.2, 0.25) is 0 Å². The molecule has 1 aromatic heterocycles. The summed E-state index contributed by atoms with van der Waals surface area (Å²) in [6, 6.07) is 17.0. The quantitative estimate of drug-likeness (QED) is 0.488. The van der Waals surface area contributed by atoms with Gasteiger partial charge in [0.2, 0.25) is 11.0 Å². The molecule has 2 N–H and O–H groups in total. The van der Waals surface area contributed by atoms with E-state index in [1.54, 1.807) is 7.11 Å². The van der Waals surface area contributed by atoms with E-state index in [0.29, 0.717) is 0 Å². The molecule has 3 rings (SSSR count). The minimum Gasteiger partial charge on any atom is -0.497 e. The molecular weight excluding hydrogens is 392 g/mol. The molecule has 0 saturated carbocycles. The van der Waals surface area contributed by atoms with Gasteiger partial charge in [-0.1, -0.05) is 60.4 Å².